The maximum atomic E-state index is 12.3. The molecule has 0 aliphatic heterocycles. The van der Waals surface area contributed by atoms with E-state index in [-0.39, 0.29) is 17.5 Å². The van der Waals surface area contributed by atoms with E-state index in [2.05, 4.69) is 0 Å². The van der Waals surface area contributed by atoms with Gasteiger partial charge in [-0.2, -0.15) is 4.31 Å². The molecule has 0 aliphatic carbocycles. The van der Waals surface area contributed by atoms with E-state index in [4.69, 9.17) is 0 Å². The van der Waals surface area contributed by atoms with E-state index in [9.17, 15) is 13.5 Å². The molecule has 5 heteroatoms. The molecular weight excluding hydrogens is 262 g/mol. The fourth-order valence-corrected chi connectivity index (χ4v) is 3.99. The summed E-state index contributed by atoms with van der Waals surface area (Å²) in [4.78, 5) is 0. The second-order valence-corrected chi connectivity index (χ2v) is 6.68. The standard InChI is InChI=1S/C14H23NO3S/c1-4-6-10-19(17,18)15(5-2)12(3)13-8-7-9-14(16)11-13/h7-9,11-12,16H,4-6,10H2,1-3H3/t12-/m0/s1. The molecule has 1 aromatic carbocycles. The summed E-state index contributed by atoms with van der Waals surface area (Å²) >= 11 is 0. The zero-order valence-corrected chi connectivity index (χ0v) is 12.7. The van der Waals surface area contributed by atoms with Crippen LogP contribution in [0, 0.1) is 0 Å². The van der Waals surface area contributed by atoms with Gasteiger partial charge in [0.2, 0.25) is 10.0 Å². The van der Waals surface area contributed by atoms with Crippen LogP contribution in [0.15, 0.2) is 24.3 Å². The minimum Gasteiger partial charge on any atom is -0.508 e. The Balaban J connectivity index is 2.96. The third-order valence-electron chi connectivity index (χ3n) is 3.21. The van der Waals surface area contributed by atoms with Crippen molar-refractivity contribution >= 4 is 10.0 Å². The zero-order valence-electron chi connectivity index (χ0n) is 11.8. The monoisotopic (exact) mass is 285 g/mol. The first-order valence-electron chi connectivity index (χ1n) is 6.70. The summed E-state index contributed by atoms with van der Waals surface area (Å²) < 4.78 is 26.1. The molecule has 0 aliphatic rings. The summed E-state index contributed by atoms with van der Waals surface area (Å²) in [5.74, 6) is 0.340. The highest BCUT2D eigenvalue weighted by Crippen LogP contribution is 2.26. The number of aromatic hydroxyl groups is 1. The highest BCUT2D eigenvalue weighted by molar-refractivity contribution is 7.89. The van der Waals surface area contributed by atoms with E-state index < -0.39 is 10.0 Å². The summed E-state index contributed by atoms with van der Waals surface area (Å²) in [6.07, 6.45) is 1.53. The minimum atomic E-state index is -3.24. The lowest BCUT2D eigenvalue weighted by molar-refractivity contribution is 0.355. The van der Waals surface area contributed by atoms with Crippen molar-refractivity contribution in [2.75, 3.05) is 12.3 Å². The number of phenolic OH excluding ortho intramolecular Hbond substituents is 1. The van der Waals surface area contributed by atoms with Crippen molar-refractivity contribution in [3.8, 4) is 5.75 Å². The van der Waals surface area contributed by atoms with Gasteiger partial charge in [-0.15, -0.1) is 0 Å². The molecule has 0 saturated heterocycles. The highest BCUT2D eigenvalue weighted by Gasteiger charge is 2.26. The number of nitrogens with zero attached hydrogens (tertiary/aromatic N) is 1. The van der Waals surface area contributed by atoms with E-state index in [1.807, 2.05) is 26.8 Å². The van der Waals surface area contributed by atoms with Gasteiger partial charge in [-0.25, -0.2) is 8.42 Å². The van der Waals surface area contributed by atoms with Crippen molar-refractivity contribution in [3.05, 3.63) is 29.8 Å². The second-order valence-electron chi connectivity index (χ2n) is 4.64. The molecule has 0 unspecified atom stereocenters. The predicted octanol–water partition coefficient (Wildman–Crippen LogP) is 2.91. The number of phenols is 1. The lowest BCUT2D eigenvalue weighted by Crippen LogP contribution is -2.35. The Labute approximate surface area is 116 Å². The van der Waals surface area contributed by atoms with Gasteiger partial charge in [0, 0.05) is 12.6 Å². The van der Waals surface area contributed by atoms with Crippen LogP contribution in [-0.2, 0) is 10.0 Å². The topological polar surface area (TPSA) is 57.6 Å². The Kier molecular flexibility index (Phi) is 5.82. The van der Waals surface area contributed by atoms with Crippen molar-refractivity contribution in [1.29, 1.82) is 0 Å². The molecule has 1 N–H and O–H groups in total. The number of unbranched alkanes of at least 4 members (excludes halogenated alkanes) is 1. The van der Waals surface area contributed by atoms with Crippen molar-refractivity contribution in [1.82, 2.24) is 4.31 Å². The number of rotatable bonds is 7. The van der Waals surface area contributed by atoms with Crippen LogP contribution in [0.2, 0.25) is 0 Å². The van der Waals surface area contributed by atoms with Gasteiger partial charge >= 0.3 is 0 Å². The predicted molar refractivity (Wildman–Crippen MR) is 77.6 cm³/mol. The van der Waals surface area contributed by atoms with Crippen molar-refractivity contribution in [3.63, 3.8) is 0 Å². The quantitative estimate of drug-likeness (QED) is 0.838. The largest absolute Gasteiger partial charge is 0.508 e. The molecule has 0 bridgehead atoms. The molecule has 0 saturated carbocycles. The fraction of sp³-hybridized carbons (Fsp3) is 0.571. The molecule has 0 aromatic heterocycles. The first-order chi connectivity index (χ1) is 8.92. The Hall–Kier alpha value is -1.07. The van der Waals surface area contributed by atoms with Crippen molar-refractivity contribution in [2.45, 2.75) is 39.7 Å². The first-order valence-corrected chi connectivity index (χ1v) is 8.31. The molecule has 108 valence electrons. The van der Waals surface area contributed by atoms with Crippen LogP contribution in [0.1, 0.15) is 45.2 Å². The van der Waals surface area contributed by atoms with Crippen LogP contribution in [0.25, 0.3) is 0 Å². The van der Waals surface area contributed by atoms with Gasteiger partial charge in [-0.05, 0) is 31.0 Å². The van der Waals surface area contributed by atoms with Gasteiger partial charge in [-0.1, -0.05) is 32.4 Å². The fourth-order valence-electron chi connectivity index (χ4n) is 2.11. The van der Waals surface area contributed by atoms with Crippen LogP contribution >= 0.6 is 0 Å². The Morgan fingerprint density at radius 1 is 1.32 bits per heavy atom. The average Bonchev–Trinajstić information content (AvgIpc) is 2.37. The van der Waals surface area contributed by atoms with Crippen molar-refractivity contribution < 1.29 is 13.5 Å². The molecule has 0 spiro atoms. The van der Waals surface area contributed by atoms with Gasteiger partial charge in [0.15, 0.2) is 0 Å². The number of benzene rings is 1. The van der Waals surface area contributed by atoms with Crippen LogP contribution in [0.4, 0.5) is 0 Å². The number of sulfonamides is 1. The molecule has 1 rings (SSSR count). The Morgan fingerprint density at radius 2 is 2.00 bits per heavy atom. The molecular formula is C14H23NO3S. The summed E-state index contributed by atoms with van der Waals surface area (Å²) in [7, 11) is -3.24. The highest BCUT2D eigenvalue weighted by atomic mass is 32.2. The van der Waals surface area contributed by atoms with Gasteiger partial charge in [0.25, 0.3) is 0 Å². The molecule has 0 amide bonds. The van der Waals surface area contributed by atoms with E-state index in [0.717, 1.165) is 12.0 Å². The number of hydrogen-bond acceptors (Lipinski definition) is 3. The SMILES string of the molecule is CCCCS(=O)(=O)N(CC)[C@@H](C)c1cccc(O)c1. The molecule has 1 atom stereocenters. The third-order valence-corrected chi connectivity index (χ3v) is 5.30. The molecule has 1 aromatic rings. The van der Waals surface area contributed by atoms with Gasteiger partial charge < -0.3 is 5.11 Å². The van der Waals surface area contributed by atoms with Gasteiger partial charge in [-0.3, -0.25) is 0 Å². The zero-order chi connectivity index (χ0) is 14.5. The van der Waals surface area contributed by atoms with E-state index in [0.29, 0.717) is 13.0 Å². The smallest absolute Gasteiger partial charge is 0.214 e. The van der Waals surface area contributed by atoms with E-state index in [1.165, 1.54) is 4.31 Å². The molecule has 4 nitrogen and oxygen atoms in total. The van der Waals surface area contributed by atoms with Gasteiger partial charge in [0.1, 0.15) is 5.75 Å². The lowest BCUT2D eigenvalue weighted by atomic mass is 10.1. The van der Waals surface area contributed by atoms with Crippen LogP contribution in [0.3, 0.4) is 0 Å². The number of hydrogen-bond donors (Lipinski definition) is 1. The maximum absolute atomic E-state index is 12.3. The summed E-state index contributed by atoms with van der Waals surface area (Å²) in [5.41, 5.74) is 0.807. The lowest BCUT2D eigenvalue weighted by Gasteiger charge is -2.27. The summed E-state index contributed by atoms with van der Waals surface area (Å²) in [5, 5.41) is 9.49. The molecule has 0 radical (unpaired) electrons. The molecule has 0 fully saturated rings. The van der Waals surface area contributed by atoms with Crippen molar-refractivity contribution in [2.24, 2.45) is 0 Å². The second kappa shape index (κ2) is 6.91. The van der Waals surface area contributed by atoms with Crippen LogP contribution in [-0.4, -0.2) is 30.1 Å². The summed E-state index contributed by atoms with van der Waals surface area (Å²) in [6.45, 7) is 6.10. The summed E-state index contributed by atoms with van der Waals surface area (Å²) in [6, 6.07) is 6.50. The third kappa shape index (κ3) is 4.21. The normalized spacial score (nSPS) is 13.7. The van der Waals surface area contributed by atoms with E-state index in [1.54, 1.807) is 18.2 Å². The minimum absolute atomic E-state index is 0.159. The maximum Gasteiger partial charge on any atom is 0.214 e. The molecule has 19 heavy (non-hydrogen) atoms. The van der Waals surface area contributed by atoms with E-state index >= 15 is 0 Å². The Morgan fingerprint density at radius 3 is 2.53 bits per heavy atom. The molecule has 0 heterocycles. The first kappa shape index (κ1) is 16.0. The average molecular weight is 285 g/mol. The Bertz CT molecular complexity index is 499. The van der Waals surface area contributed by atoms with Gasteiger partial charge in [0.05, 0.1) is 5.75 Å². The van der Waals surface area contributed by atoms with Crippen LogP contribution < -0.4 is 0 Å². The van der Waals surface area contributed by atoms with Crippen LogP contribution in [0.5, 0.6) is 5.75 Å².